The molecule has 0 saturated carbocycles. The Morgan fingerprint density at radius 3 is 1.97 bits per heavy atom. The van der Waals surface area contributed by atoms with Gasteiger partial charge in [0.2, 0.25) is 5.95 Å². The van der Waals surface area contributed by atoms with Gasteiger partial charge in [-0.15, -0.1) is 0 Å². The molecule has 0 atom stereocenters. The molecule has 0 unspecified atom stereocenters. The van der Waals surface area contributed by atoms with E-state index in [1.165, 1.54) is 4.57 Å². The van der Waals surface area contributed by atoms with E-state index in [0.29, 0.717) is 5.69 Å². The molecular formula is C25H29N3O4. The molecule has 0 spiro atoms. The number of benzene rings is 2. The summed E-state index contributed by atoms with van der Waals surface area (Å²) in [5.41, 5.74) is 1.74. The molecule has 168 valence electrons. The predicted molar refractivity (Wildman–Crippen MR) is 125 cm³/mol. The van der Waals surface area contributed by atoms with E-state index in [2.05, 4.69) is 10.3 Å². The molecule has 7 heteroatoms. The van der Waals surface area contributed by atoms with Gasteiger partial charge in [0.1, 0.15) is 11.2 Å². The minimum atomic E-state index is -0.735. The maximum absolute atomic E-state index is 13.2. The molecule has 7 nitrogen and oxygen atoms in total. The maximum atomic E-state index is 13.2. The number of ether oxygens (including phenoxy) is 2. The van der Waals surface area contributed by atoms with E-state index in [4.69, 9.17) is 9.47 Å². The summed E-state index contributed by atoms with van der Waals surface area (Å²) >= 11 is 0. The molecule has 0 aliphatic heterocycles. The Labute approximate surface area is 188 Å². The molecule has 0 aliphatic rings. The fourth-order valence-electron chi connectivity index (χ4n) is 3.09. The molecule has 0 saturated heterocycles. The SMILES string of the molecule is CC(C)(C)OC(=O)Nc1ncc(-c2ccccc2-c2ccccc2)n1C(=O)OC(C)(C)C. The van der Waals surface area contributed by atoms with Gasteiger partial charge in [-0.3, -0.25) is 5.32 Å². The number of carbonyl (C=O) groups excluding carboxylic acids is 2. The summed E-state index contributed by atoms with van der Waals surface area (Å²) in [4.78, 5) is 29.8. The number of hydrogen-bond acceptors (Lipinski definition) is 5. The van der Waals surface area contributed by atoms with Crippen molar-refractivity contribution in [3.8, 4) is 22.4 Å². The van der Waals surface area contributed by atoms with Crippen molar-refractivity contribution >= 4 is 18.1 Å². The van der Waals surface area contributed by atoms with Gasteiger partial charge >= 0.3 is 12.2 Å². The van der Waals surface area contributed by atoms with Crippen molar-refractivity contribution in [1.29, 1.82) is 0 Å². The van der Waals surface area contributed by atoms with Crippen molar-refractivity contribution in [2.75, 3.05) is 5.32 Å². The highest BCUT2D eigenvalue weighted by atomic mass is 16.6. The normalized spacial score (nSPS) is 11.7. The topological polar surface area (TPSA) is 82.5 Å². The van der Waals surface area contributed by atoms with Gasteiger partial charge in [-0.25, -0.2) is 19.1 Å². The first-order valence-corrected chi connectivity index (χ1v) is 10.4. The van der Waals surface area contributed by atoms with Crippen LogP contribution in [-0.4, -0.2) is 32.9 Å². The van der Waals surface area contributed by atoms with Crippen LogP contribution in [-0.2, 0) is 9.47 Å². The summed E-state index contributed by atoms with van der Waals surface area (Å²) in [7, 11) is 0. The molecule has 32 heavy (non-hydrogen) atoms. The van der Waals surface area contributed by atoms with Gasteiger partial charge in [0, 0.05) is 5.56 Å². The first-order valence-electron chi connectivity index (χ1n) is 10.4. The van der Waals surface area contributed by atoms with Crippen molar-refractivity contribution in [3.05, 3.63) is 60.8 Å². The summed E-state index contributed by atoms with van der Waals surface area (Å²) in [6.45, 7) is 10.6. The fraction of sp³-hybridized carbons (Fsp3) is 0.320. The van der Waals surface area contributed by atoms with E-state index in [1.54, 1.807) is 47.7 Å². The summed E-state index contributed by atoms with van der Waals surface area (Å²) in [6, 6.07) is 17.5. The number of nitrogens with zero attached hydrogens (tertiary/aromatic N) is 2. The number of nitrogens with one attached hydrogen (secondary N) is 1. The number of hydrogen-bond donors (Lipinski definition) is 1. The third kappa shape index (κ3) is 5.75. The smallest absolute Gasteiger partial charge is 0.421 e. The van der Waals surface area contributed by atoms with E-state index in [-0.39, 0.29) is 5.95 Å². The number of amides is 1. The van der Waals surface area contributed by atoms with Crippen molar-refractivity contribution < 1.29 is 19.1 Å². The molecule has 0 bridgehead atoms. The van der Waals surface area contributed by atoms with E-state index in [0.717, 1.165) is 16.7 Å². The van der Waals surface area contributed by atoms with Crippen LogP contribution in [0, 0.1) is 0 Å². The first-order chi connectivity index (χ1) is 14.9. The Hall–Kier alpha value is -3.61. The largest absolute Gasteiger partial charge is 0.444 e. The number of anilines is 1. The van der Waals surface area contributed by atoms with E-state index < -0.39 is 23.4 Å². The molecule has 1 amide bonds. The van der Waals surface area contributed by atoms with Crippen molar-refractivity contribution in [2.45, 2.75) is 52.7 Å². The number of aromatic nitrogens is 2. The predicted octanol–water partition coefficient (Wildman–Crippen LogP) is 6.35. The Bertz CT molecular complexity index is 1110. The zero-order valence-electron chi connectivity index (χ0n) is 19.3. The van der Waals surface area contributed by atoms with Crippen LogP contribution in [0.1, 0.15) is 41.5 Å². The quantitative estimate of drug-likeness (QED) is 0.518. The van der Waals surface area contributed by atoms with Gasteiger partial charge in [-0.1, -0.05) is 54.6 Å². The van der Waals surface area contributed by atoms with Gasteiger partial charge in [0.05, 0.1) is 11.9 Å². The molecule has 3 rings (SSSR count). The Morgan fingerprint density at radius 1 is 0.812 bits per heavy atom. The van der Waals surface area contributed by atoms with Crippen LogP contribution in [0.4, 0.5) is 15.5 Å². The second-order valence-electron chi connectivity index (χ2n) is 9.32. The zero-order chi connectivity index (χ0) is 23.5. The van der Waals surface area contributed by atoms with Crippen LogP contribution in [0.2, 0.25) is 0 Å². The molecule has 0 radical (unpaired) electrons. The second-order valence-corrected chi connectivity index (χ2v) is 9.32. The van der Waals surface area contributed by atoms with Crippen molar-refractivity contribution in [3.63, 3.8) is 0 Å². The highest BCUT2D eigenvalue weighted by molar-refractivity contribution is 5.91. The standard InChI is InChI=1S/C25H29N3O4/c1-24(2,3)31-22(29)27-21-26-16-20(28(21)23(30)32-25(4,5)6)19-15-11-10-14-18(19)17-12-8-7-9-13-17/h7-16H,1-6H3,(H,26,27,29). The fourth-order valence-corrected chi connectivity index (χ4v) is 3.09. The number of carbonyl (C=O) groups is 2. The third-order valence-corrected chi connectivity index (χ3v) is 4.24. The van der Waals surface area contributed by atoms with Gasteiger partial charge < -0.3 is 9.47 Å². The van der Waals surface area contributed by atoms with E-state index in [1.807, 2.05) is 54.6 Å². The average molecular weight is 436 g/mol. The lowest BCUT2D eigenvalue weighted by Gasteiger charge is -2.22. The lowest BCUT2D eigenvalue weighted by Crippen LogP contribution is -2.31. The Kier molecular flexibility index (Phi) is 6.39. The first kappa shape index (κ1) is 23.1. The summed E-state index contributed by atoms with van der Waals surface area (Å²) in [5.74, 6) is 0.0198. The van der Waals surface area contributed by atoms with Gasteiger partial charge in [-0.2, -0.15) is 0 Å². The molecule has 1 heterocycles. The van der Waals surface area contributed by atoms with Crippen LogP contribution in [0.25, 0.3) is 22.4 Å². The molecule has 1 aromatic heterocycles. The Balaban J connectivity index is 2.11. The molecule has 0 aliphatic carbocycles. The van der Waals surface area contributed by atoms with E-state index in [9.17, 15) is 9.59 Å². The second kappa shape index (κ2) is 8.86. The van der Waals surface area contributed by atoms with Crippen LogP contribution < -0.4 is 5.32 Å². The van der Waals surface area contributed by atoms with Crippen LogP contribution >= 0.6 is 0 Å². The van der Waals surface area contributed by atoms with Gasteiger partial charge in [0.25, 0.3) is 0 Å². The number of imidazole rings is 1. The average Bonchev–Trinajstić information content (AvgIpc) is 3.09. The molecule has 2 aromatic carbocycles. The minimum Gasteiger partial charge on any atom is -0.444 e. The monoisotopic (exact) mass is 435 g/mol. The molecule has 3 aromatic rings. The van der Waals surface area contributed by atoms with Crippen molar-refractivity contribution in [2.24, 2.45) is 0 Å². The van der Waals surface area contributed by atoms with E-state index >= 15 is 0 Å². The Morgan fingerprint density at radius 2 is 1.38 bits per heavy atom. The lowest BCUT2D eigenvalue weighted by molar-refractivity contribution is 0.0542. The zero-order valence-corrected chi connectivity index (χ0v) is 19.3. The lowest BCUT2D eigenvalue weighted by atomic mass is 9.98. The van der Waals surface area contributed by atoms with Crippen LogP contribution in [0.3, 0.4) is 0 Å². The number of rotatable bonds is 3. The van der Waals surface area contributed by atoms with Crippen LogP contribution in [0.5, 0.6) is 0 Å². The molecule has 0 fully saturated rings. The van der Waals surface area contributed by atoms with Crippen molar-refractivity contribution in [1.82, 2.24) is 9.55 Å². The molecular weight excluding hydrogens is 406 g/mol. The minimum absolute atomic E-state index is 0.0198. The van der Waals surface area contributed by atoms with Gasteiger partial charge in [-0.05, 0) is 52.7 Å². The highest BCUT2D eigenvalue weighted by Crippen LogP contribution is 2.34. The summed E-state index contributed by atoms with van der Waals surface area (Å²) < 4.78 is 12.2. The van der Waals surface area contributed by atoms with Gasteiger partial charge in [0.15, 0.2) is 0 Å². The maximum Gasteiger partial charge on any atom is 0.421 e. The summed E-state index contributed by atoms with van der Waals surface area (Å²) in [5, 5.41) is 2.57. The third-order valence-electron chi connectivity index (χ3n) is 4.24. The van der Waals surface area contributed by atoms with Crippen LogP contribution in [0.15, 0.2) is 60.8 Å². The highest BCUT2D eigenvalue weighted by Gasteiger charge is 2.27. The summed E-state index contributed by atoms with van der Waals surface area (Å²) in [6.07, 6.45) is 0.174. The molecule has 1 N–H and O–H groups in total.